The van der Waals surface area contributed by atoms with Gasteiger partial charge in [-0.1, -0.05) is 11.3 Å². The van der Waals surface area contributed by atoms with Crippen LogP contribution in [0.15, 0.2) is 23.7 Å². The van der Waals surface area contributed by atoms with E-state index in [1.165, 1.54) is 11.3 Å². The van der Waals surface area contributed by atoms with E-state index in [-0.39, 0.29) is 17.9 Å². The highest BCUT2D eigenvalue weighted by Gasteiger charge is 2.32. The molecule has 154 valence electrons. The van der Waals surface area contributed by atoms with E-state index in [1.807, 2.05) is 39.1 Å². The summed E-state index contributed by atoms with van der Waals surface area (Å²) in [4.78, 5) is 25.6. The van der Waals surface area contributed by atoms with Gasteiger partial charge in [0, 0.05) is 42.8 Å². The van der Waals surface area contributed by atoms with E-state index in [2.05, 4.69) is 9.88 Å². The number of fused-ring (bicyclic) bond motifs is 1. The summed E-state index contributed by atoms with van der Waals surface area (Å²) in [5.41, 5.74) is 1.18. The van der Waals surface area contributed by atoms with Crippen LogP contribution in [-0.4, -0.2) is 57.3 Å². The standard InChI is InChI=1S/C20H24N4O3S2/c1-12-11-23(8-9-24(12)19(26)27-20(2,3)4)18-22-15-13(17-21-7-10-28-17)5-6-14(25)16(15)29-18/h5-7,10,12,25H,8-9,11H2,1-4H3/t12-/m0/s1. The first kappa shape index (κ1) is 19.9. The van der Waals surface area contributed by atoms with Crippen molar-refractivity contribution >= 4 is 44.1 Å². The summed E-state index contributed by atoms with van der Waals surface area (Å²) in [6, 6.07) is 3.56. The number of rotatable bonds is 2. The molecule has 0 aliphatic carbocycles. The lowest BCUT2D eigenvalue weighted by molar-refractivity contribution is 0.0159. The Bertz CT molecular complexity index is 1030. The maximum Gasteiger partial charge on any atom is 0.410 e. The quantitative estimate of drug-likeness (QED) is 0.639. The number of piperazine rings is 1. The number of nitrogens with zero attached hydrogens (tertiary/aromatic N) is 4. The largest absolute Gasteiger partial charge is 0.506 e. The number of carbonyl (C=O) groups excluding carboxylic acids is 1. The molecule has 9 heteroatoms. The SMILES string of the molecule is C[C@H]1CN(c2nc3c(-c4nccs4)ccc(O)c3s2)CCN1C(=O)OC(C)(C)C. The molecule has 0 unspecified atom stereocenters. The fourth-order valence-electron chi connectivity index (χ4n) is 3.37. The summed E-state index contributed by atoms with van der Waals surface area (Å²) in [5, 5.41) is 14.0. The number of hydrogen-bond acceptors (Lipinski definition) is 8. The lowest BCUT2D eigenvalue weighted by Crippen LogP contribution is -2.55. The average molecular weight is 433 g/mol. The summed E-state index contributed by atoms with van der Waals surface area (Å²) in [6.07, 6.45) is 1.49. The Kier molecular flexibility index (Phi) is 5.12. The Labute approximate surface area is 177 Å². The van der Waals surface area contributed by atoms with E-state index >= 15 is 0 Å². The van der Waals surface area contributed by atoms with Gasteiger partial charge in [-0.15, -0.1) is 11.3 Å². The van der Waals surface area contributed by atoms with Gasteiger partial charge in [0.1, 0.15) is 16.4 Å². The number of phenols is 1. The van der Waals surface area contributed by atoms with Gasteiger partial charge in [-0.2, -0.15) is 0 Å². The number of ether oxygens (including phenoxy) is 1. The van der Waals surface area contributed by atoms with Crippen molar-refractivity contribution in [3.05, 3.63) is 23.7 Å². The number of benzene rings is 1. The van der Waals surface area contributed by atoms with Crippen LogP contribution in [0.4, 0.5) is 9.93 Å². The third-order valence-corrected chi connectivity index (χ3v) is 6.65. The Morgan fingerprint density at radius 1 is 1.31 bits per heavy atom. The van der Waals surface area contributed by atoms with Crippen LogP contribution in [0.5, 0.6) is 5.75 Å². The molecule has 1 aliphatic heterocycles. The van der Waals surface area contributed by atoms with Crippen molar-refractivity contribution in [2.45, 2.75) is 39.3 Å². The smallest absolute Gasteiger partial charge is 0.410 e. The molecular weight excluding hydrogens is 408 g/mol. The first-order valence-electron chi connectivity index (χ1n) is 9.50. The zero-order chi connectivity index (χ0) is 20.8. The van der Waals surface area contributed by atoms with Crippen molar-refractivity contribution in [2.75, 3.05) is 24.5 Å². The van der Waals surface area contributed by atoms with Gasteiger partial charge in [0.05, 0.1) is 10.2 Å². The highest BCUT2D eigenvalue weighted by atomic mass is 32.1. The van der Waals surface area contributed by atoms with Crippen molar-refractivity contribution in [1.82, 2.24) is 14.9 Å². The van der Waals surface area contributed by atoms with Gasteiger partial charge in [-0.05, 0) is 39.8 Å². The van der Waals surface area contributed by atoms with Crippen LogP contribution in [-0.2, 0) is 4.74 Å². The zero-order valence-electron chi connectivity index (χ0n) is 16.9. The lowest BCUT2D eigenvalue weighted by atomic mass is 10.2. The molecule has 0 bridgehead atoms. The highest BCUT2D eigenvalue weighted by molar-refractivity contribution is 7.22. The summed E-state index contributed by atoms with van der Waals surface area (Å²) in [7, 11) is 0. The molecule has 1 N–H and O–H groups in total. The molecule has 2 aromatic heterocycles. The van der Waals surface area contributed by atoms with Gasteiger partial charge in [0.15, 0.2) is 5.13 Å². The molecule has 29 heavy (non-hydrogen) atoms. The van der Waals surface area contributed by atoms with Crippen molar-refractivity contribution in [3.8, 4) is 16.3 Å². The third kappa shape index (κ3) is 4.02. The molecule has 0 saturated carbocycles. The van der Waals surface area contributed by atoms with Gasteiger partial charge in [0.25, 0.3) is 0 Å². The van der Waals surface area contributed by atoms with Crippen LogP contribution < -0.4 is 4.90 Å². The monoisotopic (exact) mass is 432 g/mol. The Morgan fingerprint density at radius 2 is 2.10 bits per heavy atom. The molecule has 1 fully saturated rings. The van der Waals surface area contributed by atoms with Gasteiger partial charge >= 0.3 is 6.09 Å². The van der Waals surface area contributed by atoms with E-state index in [1.54, 1.807) is 28.5 Å². The van der Waals surface area contributed by atoms with Crippen LogP contribution in [0.25, 0.3) is 20.8 Å². The van der Waals surface area contributed by atoms with Crippen LogP contribution in [0.1, 0.15) is 27.7 Å². The predicted octanol–water partition coefficient (Wildman–Crippen LogP) is 4.57. The topological polar surface area (TPSA) is 78.8 Å². The molecule has 3 heterocycles. The van der Waals surface area contributed by atoms with Crippen molar-refractivity contribution in [2.24, 2.45) is 0 Å². The number of hydrogen-bond donors (Lipinski definition) is 1. The molecule has 1 atom stereocenters. The number of amides is 1. The van der Waals surface area contributed by atoms with Gasteiger partial charge in [-0.25, -0.2) is 14.8 Å². The van der Waals surface area contributed by atoms with E-state index in [9.17, 15) is 9.90 Å². The minimum absolute atomic E-state index is 0.00218. The summed E-state index contributed by atoms with van der Waals surface area (Å²) in [6.45, 7) is 9.53. The van der Waals surface area contributed by atoms with Gasteiger partial charge in [-0.3, -0.25) is 0 Å². The predicted molar refractivity (Wildman–Crippen MR) is 117 cm³/mol. The summed E-state index contributed by atoms with van der Waals surface area (Å²) >= 11 is 3.02. The number of carbonyl (C=O) groups is 1. The van der Waals surface area contributed by atoms with E-state index in [0.29, 0.717) is 19.6 Å². The van der Waals surface area contributed by atoms with Crippen LogP contribution in [0.2, 0.25) is 0 Å². The second-order valence-corrected chi connectivity index (χ2v) is 9.98. The zero-order valence-corrected chi connectivity index (χ0v) is 18.5. The van der Waals surface area contributed by atoms with Gasteiger partial charge in [0.2, 0.25) is 0 Å². The molecule has 0 radical (unpaired) electrons. The molecule has 7 nitrogen and oxygen atoms in total. The maximum atomic E-state index is 12.5. The average Bonchev–Trinajstić information content (AvgIpc) is 3.31. The maximum absolute atomic E-state index is 12.5. The molecule has 1 aromatic carbocycles. The molecule has 1 amide bonds. The number of aromatic hydroxyl groups is 1. The minimum Gasteiger partial charge on any atom is -0.506 e. The minimum atomic E-state index is -0.509. The lowest BCUT2D eigenvalue weighted by Gasteiger charge is -2.40. The van der Waals surface area contributed by atoms with Crippen molar-refractivity contribution in [1.29, 1.82) is 0 Å². The number of thiazole rings is 2. The molecule has 0 spiro atoms. The molecular formula is C20H24N4O3S2. The molecule has 1 aliphatic rings. The third-order valence-electron chi connectivity index (χ3n) is 4.70. The van der Waals surface area contributed by atoms with Crippen LogP contribution in [0, 0.1) is 0 Å². The first-order chi connectivity index (χ1) is 13.7. The van der Waals surface area contributed by atoms with E-state index < -0.39 is 5.60 Å². The Hall–Kier alpha value is -2.39. The normalized spacial score (nSPS) is 17.7. The second kappa shape index (κ2) is 7.46. The van der Waals surface area contributed by atoms with E-state index in [0.717, 1.165) is 25.9 Å². The van der Waals surface area contributed by atoms with Crippen molar-refractivity contribution < 1.29 is 14.6 Å². The number of phenolic OH excluding ortho intramolecular Hbond substituents is 1. The van der Waals surface area contributed by atoms with Crippen LogP contribution in [0.3, 0.4) is 0 Å². The fraction of sp³-hybridized carbons (Fsp3) is 0.450. The summed E-state index contributed by atoms with van der Waals surface area (Å²) < 4.78 is 6.29. The van der Waals surface area contributed by atoms with Gasteiger partial charge < -0.3 is 19.6 Å². The molecule has 3 aromatic rings. The number of anilines is 1. The Balaban J connectivity index is 1.58. The fourth-order valence-corrected chi connectivity index (χ4v) is 5.07. The second-order valence-electron chi connectivity index (χ2n) is 8.11. The van der Waals surface area contributed by atoms with Crippen molar-refractivity contribution in [3.63, 3.8) is 0 Å². The molecule has 1 saturated heterocycles. The number of aromatic nitrogens is 2. The van der Waals surface area contributed by atoms with Crippen LogP contribution >= 0.6 is 22.7 Å². The summed E-state index contributed by atoms with van der Waals surface area (Å²) in [5.74, 6) is 0.226. The molecule has 4 rings (SSSR count). The van der Waals surface area contributed by atoms with E-state index in [4.69, 9.17) is 9.72 Å². The first-order valence-corrected chi connectivity index (χ1v) is 11.2. The Morgan fingerprint density at radius 3 is 2.76 bits per heavy atom. The highest BCUT2D eigenvalue weighted by Crippen LogP contribution is 2.41.